The monoisotopic (exact) mass is 305 g/mol. The van der Waals surface area contributed by atoms with Crippen molar-refractivity contribution in [3.05, 3.63) is 24.3 Å². The molecule has 120 valence electrons. The van der Waals surface area contributed by atoms with Crippen molar-refractivity contribution in [3.63, 3.8) is 0 Å². The molecule has 1 aromatic carbocycles. The number of carbonyl (C=O) groups is 2. The molecule has 5 heteroatoms. The van der Waals surface area contributed by atoms with Gasteiger partial charge in [0.05, 0.1) is 13.7 Å². The summed E-state index contributed by atoms with van der Waals surface area (Å²) in [5, 5.41) is 3.16. The van der Waals surface area contributed by atoms with Crippen LogP contribution in [0.25, 0.3) is 0 Å². The Bertz CT molecular complexity index is 512. The molecule has 2 atom stereocenters. The van der Waals surface area contributed by atoms with Crippen LogP contribution < -0.4 is 10.1 Å². The van der Waals surface area contributed by atoms with Crippen molar-refractivity contribution >= 4 is 17.4 Å². The number of esters is 1. The van der Waals surface area contributed by atoms with E-state index in [0.29, 0.717) is 13.0 Å². The number of hydrogen-bond donors (Lipinski definition) is 1. The third-order valence-electron chi connectivity index (χ3n) is 3.96. The second kappa shape index (κ2) is 7.82. The number of ketones is 1. The Hall–Kier alpha value is -2.04. The molecule has 0 saturated heterocycles. The summed E-state index contributed by atoms with van der Waals surface area (Å²) in [4.78, 5) is 24.4. The van der Waals surface area contributed by atoms with E-state index in [1.54, 1.807) is 14.0 Å². The fourth-order valence-electron chi connectivity index (χ4n) is 2.79. The average molecular weight is 305 g/mol. The zero-order valence-corrected chi connectivity index (χ0v) is 13.1. The minimum atomic E-state index is -0.624. The van der Waals surface area contributed by atoms with Crippen molar-refractivity contribution in [2.45, 2.75) is 38.6 Å². The topological polar surface area (TPSA) is 64.6 Å². The maximum absolute atomic E-state index is 12.3. The molecule has 0 amide bonds. The Kier molecular flexibility index (Phi) is 5.81. The fourth-order valence-corrected chi connectivity index (χ4v) is 2.79. The number of carbonyl (C=O) groups excluding carboxylic acids is 2. The molecule has 0 heterocycles. The Morgan fingerprint density at radius 3 is 2.64 bits per heavy atom. The van der Waals surface area contributed by atoms with Gasteiger partial charge in [0.1, 0.15) is 17.6 Å². The summed E-state index contributed by atoms with van der Waals surface area (Å²) >= 11 is 0. The second-order valence-corrected chi connectivity index (χ2v) is 5.42. The van der Waals surface area contributed by atoms with Crippen LogP contribution in [-0.2, 0) is 14.3 Å². The van der Waals surface area contributed by atoms with Gasteiger partial charge in [-0.05, 0) is 44.0 Å². The predicted molar refractivity (Wildman–Crippen MR) is 84.0 cm³/mol. The van der Waals surface area contributed by atoms with Crippen LogP contribution in [0.5, 0.6) is 5.75 Å². The largest absolute Gasteiger partial charge is 0.497 e. The summed E-state index contributed by atoms with van der Waals surface area (Å²) in [6.07, 6.45) is 3.15. The number of nitrogens with one attached hydrogen (secondary N) is 1. The van der Waals surface area contributed by atoms with Crippen LogP contribution in [0.1, 0.15) is 32.6 Å². The molecule has 0 spiro atoms. The smallest absolute Gasteiger partial charge is 0.329 e. The highest BCUT2D eigenvalue weighted by Gasteiger charge is 2.35. The Labute approximate surface area is 131 Å². The van der Waals surface area contributed by atoms with Crippen LogP contribution in [0.3, 0.4) is 0 Å². The fraction of sp³-hybridized carbons (Fsp3) is 0.529. The molecular formula is C17H23NO4. The molecule has 1 saturated carbocycles. The number of methoxy groups -OCH3 is 1. The molecule has 2 rings (SSSR count). The molecule has 1 aliphatic rings. The van der Waals surface area contributed by atoms with Crippen LogP contribution in [0.2, 0.25) is 0 Å². The number of ether oxygens (including phenoxy) is 2. The van der Waals surface area contributed by atoms with Crippen molar-refractivity contribution < 1.29 is 19.1 Å². The lowest BCUT2D eigenvalue weighted by Crippen LogP contribution is -2.43. The molecule has 0 bridgehead atoms. The van der Waals surface area contributed by atoms with Crippen LogP contribution in [0.4, 0.5) is 5.69 Å². The van der Waals surface area contributed by atoms with E-state index in [4.69, 9.17) is 9.47 Å². The summed E-state index contributed by atoms with van der Waals surface area (Å²) in [5.74, 6) is 0.214. The van der Waals surface area contributed by atoms with Gasteiger partial charge in [-0.3, -0.25) is 4.79 Å². The van der Waals surface area contributed by atoms with Crippen molar-refractivity contribution in [1.29, 1.82) is 0 Å². The van der Waals surface area contributed by atoms with Crippen LogP contribution >= 0.6 is 0 Å². The molecule has 1 N–H and O–H groups in total. The molecule has 1 aliphatic carbocycles. The third-order valence-corrected chi connectivity index (χ3v) is 3.96. The zero-order chi connectivity index (χ0) is 15.9. The van der Waals surface area contributed by atoms with E-state index in [9.17, 15) is 9.59 Å². The van der Waals surface area contributed by atoms with Gasteiger partial charge in [-0.1, -0.05) is 6.42 Å². The summed E-state index contributed by atoms with van der Waals surface area (Å²) < 4.78 is 10.3. The molecular weight excluding hydrogens is 282 g/mol. The van der Waals surface area contributed by atoms with Gasteiger partial charge in [-0.25, -0.2) is 4.79 Å². The first-order valence-electron chi connectivity index (χ1n) is 7.75. The highest BCUT2D eigenvalue weighted by atomic mass is 16.5. The first-order chi connectivity index (χ1) is 10.7. The molecule has 2 unspecified atom stereocenters. The van der Waals surface area contributed by atoms with Crippen molar-refractivity contribution in [1.82, 2.24) is 0 Å². The van der Waals surface area contributed by atoms with Crippen LogP contribution in [-0.4, -0.2) is 31.5 Å². The average Bonchev–Trinajstić information content (AvgIpc) is 2.54. The van der Waals surface area contributed by atoms with Crippen molar-refractivity contribution in [2.24, 2.45) is 5.92 Å². The van der Waals surface area contributed by atoms with Crippen molar-refractivity contribution in [2.75, 3.05) is 19.0 Å². The molecule has 1 aromatic rings. The predicted octanol–water partition coefficient (Wildman–Crippen LogP) is 2.80. The molecule has 5 nitrogen and oxygen atoms in total. The molecule has 0 radical (unpaired) electrons. The number of Topliss-reactive ketones (excluding diaryl/α,β-unsaturated/α-hetero) is 1. The maximum atomic E-state index is 12.3. The summed E-state index contributed by atoms with van der Waals surface area (Å²) in [6.45, 7) is 2.07. The van der Waals surface area contributed by atoms with E-state index in [0.717, 1.165) is 30.7 Å². The quantitative estimate of drug-likeness (QED) is 0.819. The minimum Gasteiger partial charge on any atom is -0.497 e. The van der Waals surface area contributed by atoms with Gasteiger partial charge in [-0.2, -0.15) is 0 Å². The molecule has 0 aromatic heterocycles. The van der Waals surface area contributed by atoms with Gasteiger partial charge < -0.3 is 14.8 Å². The van der Waals surface area contributed by atoms with E-state index in [1.807, 2.05) is 24.3 Å². The number of benzene rings is 1. The highest BCUT2D eigenvalue weighted by molar-refractivity contribution is 5.91. The van der Waals surface area contributed by atoms with Gasteiger partial charge in [0.2, 0.25) is 0 Å². The second-order valence-electron chi connectivity index (χ2n) is 5.42. The summed E-state index contributed by atoms with van der Waals surface area (Å²) in [5.41, 5.74) is 0.775. The van der Waals surface area contributed by atoms with E-state index in [1.165, 1.54) is 0 Å². The number of anilines is 1. The number of rotatable bonds is 6. The van der Waals surface area contributed by atoms with E-state index >= 15 is 0 Å². The number of hydrogen-bond acceptors (Lipinski definition) is 5. The van der Waals surface area contributed by atoms with E-state index in [2.05, 4.69) is 5.32 Å². The summed E-state index contributed by atoms with van der Waals surface area (Å²) in [6, 6.07) is 6.66. The zero-order valence-electron chi connectivity index (χ0n) is 13.1. The Morgan fingerprint density at radius 2 is 2.05 bits per heavy atom. The van der Waals surface area contributed by atoms with Gasteiger partial charge in [0.15, 0.2) is 0 Å². The standard InChI is InChI=1S/C17H23NO4/c1-3-22-17(20)16(14-6-4-5-7-15(14)19)18-12-8-10-13(21-2)11-9-12/h8-11,14,16,18H,3-7H2,1-2H3. The van der Waals surface area contributed by atoms with Gasteiger partial charge in [0.25, 0.3) is 0 Å². The lowest BCUT2D eigenvalue weighted by atomic mass is 9.82. The van der Waals surface area contributed by atoms with Gasteiger partial charge in [0, 0.05) is 18.0 Å². The summed E-state index contributed by atoms with van der Waals surface area (Å²) in [7, 11) is 1.60. The molecule has 0 aliphatic heterocycles. The first kappa shape index (κ1) is 16.3. The third kappa shape index (κ3) is 4.00. The highest BCUT2D eigenvalue weighted by Crippen LogP contribution is 2.27. The van der Waals surface area contributed by atoms with Gasteiger partial charge in [-0.15, -0.1) is 0 Å². The van der Waals surface area contributed by atoms with Crippen molar-refractivity contribution in [3.8, 4) is 5.75 Å². The van der Waals surface area contributed by atoms with Gasteiger partial charge >= 0.3 is 5.97 Å². The SMILES string of the molecule is CCOC(=O)C(Nc1ccc(OC)cc1)C1CCCCC1=O. The lowest BCUT2D eigenvalue weighted by molar-refractivity contribution is -0.147. The lowest BCUT2D eigenvalue weighted by Gasteiger charge is -2.29. The van der Waals surface area contributed by atoms with Crippen LogP contribution in [0, 0.1) is 5.92 Å². The molecule has 1 fully saturated rings. The van der Waals surface area contributed by atoms with E-state index in [-0.39, 0.29) is 17.7 Å². The normalized spacial score (nSPS) is 19.4. The Morgan fingerprint density at radius 1 is 1.32 bits per heavy atom. The minimum absolute atomic E-state index is 0.144. The maximum Gasteiger partial charge on any atom is 0.329 e. The van der Waals surface area contributed by atoms with E-state index < -0.39 is 6.04 Å². The first-order valence-corrected chi connectivity index (χ1v) is 7.75. The molecule has 22 heavy (non-hydrogen) atoms. The van der Waals surface area contributed by atoms with Crippen LogP contribution in [0.15, 0.2) is 24.3 Å². The Balaban J connectivity index is 2.15.